The molecular formula is C14H22BrN3O2. The van der Waals surface area contributed by atoms with Crippen LogP contribution in [0.4, 0.5) is 0 Å². The van der Waals surface area contributed by atoms with E-state index in [0.717, 1.165) is 29.9 Å². The molecule has 0 saturated heterocycles. The van der Waals surface area contributed by atoms with Crippen LogP contribution in [-0.4, -0.2) is 42.2 Å². The Morgan fingerprint density at radius 3 is 2.65 bits per heavy atom. The van der Waals surface area contributed by atoms with Gasteiger partial charge in [0.15, 0.2) is 0 Å². The second kappa shape index (κ2) is 8.81. The second-order valence-corrected chi connectivity index (χ2v) is 5.54. The lowest BCUT2D eigenvalue weighted by Gasteiger charge is -2.23. The predicted octanol–water partition coefficient (Wildman–Crippen LogP) is 2.53. The average Bonchev–Trinajstić information content (AvgIpc) is 2.47. The van der Waals surface area contributed by atoms with Gasteiger partial charge in [-0.05, 0) is 30.8 Å². The van der Waals surface area contributed by atoms with E-state index in [1.807, 2.05) is 31.2 Å². The van der Waals surface area contributed by atoms with Crippen LogP contribution in [0.1, 0.15) is 13.8 Å². The maximum absolute atomic E-state index is 8.65. The summed E-state index contributed by atoms with van der Waals surface area (Å²) in [6, 6.07) is 7.76. The predicted molar refractivity (Wildman–Crippen MR) is 84.3 cm³/mol. The molecule has 0 heterocycles. The Kier molecular flexibility index (Phi) is 7.40. The van der Waals surface area contributed by atoms with Crippen LogP contribution in [0, 0.1) is 5.92 Å². The zero-order chi connectivity index (χ0) is 15.0. The van der Waals surface area contributed by atoms with Crippen LogP contribution < -0.4 is 10.5 Å². The van der Waals surface area contributed by atoms with Crippen LogP contribution in [0.2, 0.25) is 0 Å². The van der Waals surface area contributed by atoms with E-state index in [2.05, 4.69) is 32.9 Å². The summed E-state index contributed by atoms with van der Waals surface area (Å²) in [5, 5.41) is 11.7. The van der Waals surface area contributed by atoms with Gasteiger partial charge in [0.05, 0.1) is 0 Å². The maximum atomic E-state index is 8.65. The molecule has 1 atom stereocenters. The van der Waals surface area contributed by atoms with Crippen molar-refractivity contribution in [2.45, 2.75) is 13.8 Å². The van der Waals surface area contributed by atoms with E-state index in [1.165, 1.54) is 0 Å². The third-order valence-corrected chi connectivity index (χ3v) is 3.62. The fourth-order valence-corrected chi connectivity index (χ4v) is 2.05. The van der Waals surface area contributed by atoms with Gasteiger partial charge in [0, 0.05) is 23.5 Å². The highest BCUT2D eigenvalue weighted by molar-refractivity contribution is 9.10. The first-order chi connectivity index (χ1) is 9.56. The van der Waals surface area contributed by atoms with Crippen molar-refractivity contribution in [3.05, 3.63) is 28.7 Å². The molecule has 0 aromatic heterocycles. The summed E-state index contributed by atoms with van der Waals surface area (Å²) in [7, 11) is 0. The summed E-state index contributed by atoms with van der Waals surface area (Å²) in [6.45, 7) is 7.07. The number of oxime groups is 1. The van der Waals surface area contributed by atoms with Crippen molar-refractivity contribution >= 4 is 21.8 Å². The Morgan fingerprint density at radius 1 is 1.45 bits per heavy atom. The average molecular weight is 344 g/mol. The molecule has 0 fully saturated rings. The fraction of sp³-hybridized carbons (Fsp3) is 0.500. The number of ether oxygens (including phenoxy) is 1. The zero-order valence-electron chi connectivity index (χ0n) is 11.9. The number of rotatable bonds is 8. The third-order valence-electron chi connectivity index (χ3n) is 3.09. The van der Waals surface area contributed by atoms with Gasteiger partial charge in [-0.15, -0.1) is 0 Å². The number of nitrogens with two attached hydrogens (primary N) is 1. The lowest BCUT2D eigenvalue weighted by Crippen LogP contribution is -2.37. The molecule has 0 bridgehead atoms. The van der Waals surface area contributed by atoms with Gasteiger partial charge in [0.1, 0.15) is 18.2 Å². The molecule has 6 heteroatoms. The zero-order valence-corrected chi connectivity index (χ0v) is 13.5. The second-order valence-electron chi connectivity index (χ2n) is 4.62. The Balaban J connectivity index is 2.36. The summed E-state index contributed by atoms with van der Waals surface area (Å²) in [5.74, 6) is 1.14. The number of hydrogen-bond donors (Lipinski definition) is 2. The summed E-state index contributed by atoms with van der Waals surface area (Å²) in [5.41, 5.74) is 5.59. The van der Waals surface area contributed by atoms with Crippen molar-refractivity contribution in [2.24, 2.45) is 16.8 Å². The van der Waals surface area contributed by atoms with Gasteiger partial charge >= 0.3 is 0 Å². The Bertz CT molecular complexity index is 423. The molecule has 0 aliphatic rings. The molecule has 1 aromatic carbocycles. The number of halogens is 1. The summed E-state index contributed by atoms with van der Waals surface area (Å²) < 4.78 is 6.72. The molecule has 0 radical (unpaired) electrons. The topological polar surface area (TPSA) is 71.1 Å². The normalized spacial score (nSPS) is 13.5. The molecule has 0 aliphatic heterocycles. The van der Waals surface area contributed by atoms with Crippen LogP contribution >= 0.6 is 15.9 Å². The Morgan fingerprint density at radius 2 is 2.10 bits per heavy atom. The molecule has 5 nitrogen and oxygen atoms in total. The molecule has 0 saturated carbocycles. The number of nitrogens with zero attached hydrogens (tertiary/aromatic N) is 2. The minimum absolute atomic E-state index is 0.0210. The standard InChI is InChI=1S/C14H22BrN3O2/c1-3-18(10-11(2)14(16)17-19)8-9-20-13-6-4-12(15)5-7-13/h4-7,11,19H,3,8-10H2,1-2H3,(H2,16,17). The third kappa shape index (κ3) is 5.79. The van der Waals surface area contributed by atoms with E-state index in [0.29, 0.717) is 6.61 Å². The highest BCUT2D eigenvalue weighted by Gasteiger charge is 2.12. The SMILES string of the molecule is CCN(CCOc1ccc(Br)cc1)CC(C)C(N)=NO. The number of hydrogen-bond acceptors (Lipinski definition) is 4. The molecule has 20 heavy (non-hydrogen) atoms. The highest BCUT2D eigenvalue weighted by Crippen LogP contribution is 2.16. The van der Waals surface area contributed by atoms with Crippen molar-refractivity contribution in [3.8, 4) is 5.75 Å². The smallest absolute Gasteiger partial charge is 0.143 e. The molecule has 3 N–H and O–H groups in total. The molecule has 112 valence electrons. The van der Waals surface area contributed by atoms with E-state index in [-0.39, 0.29) is 11.8 Å². The summed E-state index contributed by atoms with van der Waals surface area (Å²) in [6.07, 6.45) is 0. The van der Waals surface area contributed by atoms with Crippen molar-refractivity contribution in [1.82, 2.24) is 4.90 Å². The maximum Gasteiger partial charge on any atom is 0.143 e. The van der Waals surface area contributed by atoms with Crippen LogP contribution in [0.15, 0.2) is 33.9 Å². The van der Waals surface area contributed by atoms with Crippen molar-refractivity contribution in [2.75, 3.05) is 26.2 Å². The fourth-order valence-electron chi connectivity index (χ4n) is 1.78. The van der Waals surface area contributed by atoms with Crippen LogP contribution in [0.3, 0.4) is 0 Å². The minimum atomic E-state index is 0.0210. The van der Waals surface area contributed by atoms with E-state index in [1.54, 1.807) is 0 Å². The van der Waals surface area contributed by atoms with Crippen molar-refractivity contribution < 1.29 is 9.94 Å². The van der Waals surface area contributed by atoms with E-state index >= 15 is 0 Å². The first-order valence-electron chi connectivity index (χ1n) is 6.65. The molecule has 1 rings (SSSR count). The van der Waals surface area contributed by atoms with Gasteiger partial charge < -0.3 is 15.7 Å². The minimum Gasteiger partial charge on any atom is -0.492 e. The lowest BCUT2D eigenvalue weighted by molar-refractivity contribution is 0.206. The number of amidine groups is 1. The first kappa shape index (κ1) is 16.8. The largest absolute Gasteiger partial charge is 0.492 e. The Labute approximate surface area is 128 Å². The molecule has 0 aliphatic carbocycles. The molecular weight excluding hydrogens is 322 g/mol. The van der Waals surface area contributed by atoms with Gasteiger partial charge in [0.2, 0.25) is 0 Å². The molecule has 0 amide bonds. The van der Waals surface area contributed by atoms with Crippen LogP contribution in [-0.2, 0) is 0 Å². The van der Waals surface area contributed by atoms with Crippen LogP contribution in [0.5, 0.6) is 5.75 Å². The monoisotopic (exact) mass is 343 g/mol. The summed E-state index contributed by atoms with van der Waals surface area (Å²) >= 11 is 3.39. The molecule has 1 aromatic rings. The molecule has 1 unspecified atom stereocenters. The van der Waals surface area contributed by atoms with Gasteiger partial charge in [-0.3, -0.25) is 4.90 Å². The number of benzene rings is 1. The highest BCUT2D eigenvalue weighted by atomic mass is 79.9. The van der Waals surface area contributed by atoms with Crippen LogP contribution in [0.25, 0.3) is 0 Å². The quantitative estimate of drug-likeness (QED) is 0.329. The van der Waals surface area contributed by atoms with Gasteiger partial charge in [-0.25, -0.2) is 0 Å². The van der Waals surface area contributed by atoms with Gasteiger partial charge in [0.25, 0.3) is 0 Å². The first-order valence-corrected chi connectivity index (χ1v) is 7.44. The lowest BCUT2D eigenvalue weighted by atomic mass is 10.1. The van der Waals surface area contributed by atoms with E-state index < -0.39 is 0 Å². The number of likely N-dealkylation sites (N-methyl/N-ethyl adjacent to an activating group) is 1. The van der Waals surface area contributed by atoms with E-state index in [9.17, 15) is 0 Å². The van der Waals surface area contributed by atoms with Crippen molar-refractivity contribution in [3.63, 3.8) is 0 Å². The van der Waals surface area contributed by atoms with E-state index in [4.69, 9.17) is 15.7 Å². The summed E-state index contributed by atoms with van der Waals surface area (Å²) in [4.78, 5) is 2.21. The molecule has 0 spiro atoms. The van der Waals surface area contributed by atoms with Gasteiger partial charge in [-0.2, -0.15) is 0 Å². The Hall–Kier alpha value is -1.27. The van der Waals surface area contributed by atoms with Gasteiger partial charge in [-0.1, -0.05) is 34.9 Å². The van der Waals surface area contributed by atoms with Crippen molar-refractivity contribution in [1.29, 1.82) is 0 Å².